The topological polar surface area (TPSA) is 105 Å². The number of nitrogens with one attached hydrogen (secondary N) is 1. The van der Waals surface area contributed by atoms with E-state index in [1.54, 1.807) is 36.4 Å². The quantitative estimate of drug-likeness (QED) is 0.206. The molecule has 240 valence electrons. The first-order chi connectivity index (χ1) is 22.1. The van der Waals surface area contributed by atoms with Crippen molar-refractivity contribution in [3.05, 3.63) is 119 Å². The van der Waals surface area contributed by atoms with Gasteiger partial charge in [-0.05, 0) is 61.4 Å². The second-order valence-electron chi connectivity index (χ2n) is 11.2. The van der Waals surface area contributed by atoms with Gasteiger partial charge < -0.3 is 19.7 Å². The molecule has 0 spiro atoms. The summed E-state index contributed by atoms with van der Waals surface area (Å²) in [6, 6.07) is 28.5. The number of halogens is 1. The summed E-state index contributed by atoms with van der Waals surface area (Å²) in [5.41, 5.74) is 1.86. The van der Waals surface area contributed by atoms with Crippen molar-refractivity contribution < 1.29 is 27.5 Å². The third-order valence-electron chi connectivity index (χ3n) is 7.37. The van der Waals surface area contributed by atoms with E-state index in [9.17, 15) is 18.0 Å². The van der Waals surface area contributed by atoms with Crippen LogP contribution in [0.15, 0.2) is 112 Å². The summed E-state index contributed by atoms with van der Waals surface area (Å²) in [5.74, 6) is -0.00938. The van der Waals surface area contributed by atoms with Crippen LogP contribution >= 0.6 is 15.9 Å². The molecule has 5 rings (SSSR count). The Kier molecular flexibility index (Phi) is 10.6. The van der Waals surface area contributed by atoms with Gasteiger partial charge in [-0.15, -0.1) is 0 Å². The van der Waals surface area contributed by atoms with Gasteiger partial charge in [0.05, 0.1) is 10.6 Å². The van der Waals surface area contributed by atoms with Crippen molar-refractivity contribution in [3.8, 4) is 11.5 Å². The molecule has 1 heterocycles. The minimum Gasteiger partial charge on any atom is -0.486 e. The molecule has 0 unspecified atom stereocenters. The minimum absolute atomic E-state index is 0.0228. The van der Waals surface area contributed by atoms with Crippen LogP contribution < -0.4 is 19.1 Å². The van der Waals surface area contributed by atoms with E-state index in [1.165, 1.54) is 17.0 Å². The van der Waals surface area contributed by atoms with Gasteiger partial charge in [-0.25, -0.2) is 8.42 Å². The highest BCUT2D eigenvalue weighted by Crippen LogP contribution is 2.36. The Morgan fingerprint density at radius 3 is 2.15 bits per heavy atom. The van der Waals surface area contributed by atoms with E-state index in [2.05, 4.69) is 21.2 Å². The third kappa shape index (κ3) is 8.07. The summed E-state index contributed by atoms with van der Waals surface area (Å²) < 4.78 is 41.7. The van der Waals surface area contributed by atoms with Gasteiger partial charge in [0.1, 0.15) is 25.8 Å². The molecule has 1 atom stereocenters. The van der Waals surface area contributed by atoms with E-state index < -0.39 is 28.5 Å². The van der Waals surface area contributed by atoms with Crippen molar-refractivity contribution in [1.29, 1.82) is 0 Å². The zero-order chi connectivity index (χ0) is 32.7. The normalized spacial score (nSPS) is 13.1. The molecule has 0 saturated carbocycles. The lowest BCUT2D eigenvalue weighted by molar-refractivity contribution is -0.140. The maximum atomic E-state index is 14.6. The highest BCUT2D eigenvalue weighted by Gasteiger charge is 2.35. The first-order valence-corrected chi connectivity index (χ1v) is 17.2. The Morgan fingerprint density at radius 2 is 1.48 bits per heavy atom. The minimum atomic E-state index is -4.23. The average Bonchev–Trinajstić information content (AvgIpc) is 3.05. The van der Waals surface area contributed by atoms with Crippen LogP contribution in [-0.4, -0.2) is 57.0 Å². The number of amides is 2. The van der Waals surface area contributed by atoms with Crippen molar-refractivity contribution in [2.24, 2.45) is 0 Å². The van der Waals surface area contributed by atoms with Crippen molar-refractivity contribution in [2.75, 3.05) is 24.1 Å². The zero-order valence-corrected chi connectivity index (χ0v) is 28.0. The van der Waals surface area contributed by atoms with Gasteiger partial charge in [-0.2, -0.15) is 0 Å². The highest BCUT2D eigenvalue weighted by atomic mass is 79.9. The summed E-state index contributed by atoms with van der Waals surface area (Å²) in [6.07, 6.45) is 0.231. The van der Waals surface area contributed by atoms with E-state index in [-0.39, 0.29) is 35.5 Å². The number of carbonyl (C=O) groups is 2. The molecule has 2 amide bonds. The molecule has 0 fully saturated rings. The lowest BCUT2D eigenvalue weighted by Gasteiger charge is -2.34. The molecule has 4 aromatic rings. The third-order valence-corrected chi connectivity index (χ3v) is 9.65. The lowest BCUT2D eigenvalue weighted by Crippen LogP contribution is -2.54. The Morgan fingerprint density at radius 1 is 0.826 bits per heavy atom. The van der Waals surface area contributed by atoms with Crippen LogP contribution in [-0.2, 0) is 32.6 Å². The fourth-order valence-electron chi connectivity index (χ4n) is 5.20. The molecule has 0 radical (unpaired) electrons. The Hall–Kier alpha value is -4.35. The summed E-state index contributed by atoms with van der Waals surface area (Å²) >= 11 is 3.50. The van der Waals surface area contributed by atoms with Gasteiger partial charge in [-0.3, -0.25) is 13.9 Å². The molecule has 0 saturated heterocycles. The van der Waals surface area contributed by atoms with E-state index in [0.717, 1.165) is 19.9 Å². The zero-order valence-electron chi connectivity index (χ0n) is 25.6. The molecular formula is C35H36BrN3O6S. The number of rotatable bonds is 12. The van der Waals surface area contributed by atoms with E-state index >= 15 is 0 Å². The molecule has 1 N–H and O–H groups in total. The van der Waals surface area contributed by atoms with Crippen LogP contribution in [0.4, 0.5) is 5.69 Å². The van der Waals surface area contributed by atoms with Gasteiger partial charge in [0, 0.05) is 29.5 Å². The Bertz CT molecular complexity index is 1770. The maximum absolute atomic E-state index is 14.6. The highest BCUT2D eigenvalue weighted by molar-refractivity contribution is 9.10. The van der Waals surface area contributed by atoms with Crippen molar-refractivity contribution in [2.45, 2.75) is 43.8 Å². The number of carbonyl (C=O) groups excluding carboxylic acids is 2. The number of fused-ring (bicyclic) bond motifs is 1. The number of hydrogen-bond donors (Lipinski definition) is 1. The van der Waals surface area contributed by atoms with Crippen LogP contribution in [0.2, 0.25) is 0 Å². The monoisotopic (exact) mass is 705 g/mol. The summed E-state index contributed by atoms with van der Waals surface area (Å²) in [7, 11) is -4.23. The largest absolute Gasteiger partial charge is 0.486 e. The molecule has 4 aromatic carbocycles. The first kappa shape index (κ1) is 33.0. The smallest absolute Gasteiger partial charge is 0.264 e. The molecule has 0 aromatic heterocycles. The Balaban J connectivity index is 1.59. The van der Waals surface area contributed by atoms with E-state index in [0.29, 0.717) is 24.7 Å². The average molecular weight is 707 g/mol. The van der Waals surface area contributed by atoms with Crippen LogP contribution in [0.1, 0.15) is 25.0 Å². The van der Waals surface area contributed by atoms with Gasteiger partial charge in [0.2, 0.25) is 11.8 Å². The van der Waals surface area contributed by atoms with E-state index in [4.69, 9.17) is 9.47 Å². The number of hydrogen-bond acceptors (Lipinski definition) is 6. The lowest BCUT2D eigenvalue weighted by atomic mass is 10.0. The molecule has 46 heavy (non-hydrogen) atoms. The molecule has 1 aliphatic rings. The van der Waals surface area contributed by atoms with E-state index in [1.807, 2.05) is 68.4 Å². The molecular weight excluding hydrogens is 670 g/mol. The van der Waals surface area contributed by atoms with Crippen molar-refractivity contribution >= 4 is 43.5 Å². The SMILES string of the molecule is CC(C)NC(=O)[C@@H](Cc1ccccc1)N(Cc1cccc(Br)c1)C(=O)CN(c1ccc2c(c1)OCCO2)S(=O)(=O)c1ccccc1. The maximum Gasteiger partial charge on any atom is 0.264 e. The second-order valence-corrected chi connectivity index (χ2v) is 14.0. The summed E-state index contributed by atoms with van der Waals surface area (Å²) in [4.78, 5) is 29.9. The fraction of sp³-hybridized carbons (Fsp3) is 0.257. The van der Waals surface area contributed by atoms with Crippen LogP contribution in [0.25, 0.3) is 0 Å². The molecule has 0 aliphatic carbocycles. The van der Waals surface area contributed by atoms with Crippen LogP contribution in [0.5, 0.6) is 11.5 Å². The predicted octanol–water partition coefficient (Wildman–Crippen LogP) is 5.58. The Labute approximate surface area is 278 Å². The molecule has 0 bridgehead atoms. The molecule has 1 aliphatic heterocycles. The van der Waals surface area contributed by atoms with Gasteiger partial charge >= 0.3 is 0 Å². The summed E-state index contributed by atoms with van der Waals surface area (Å²) in [6.45, 7) is 3.91. The number of sulfonamides is 1. The number of nitrogens with zero attached hydrogens (tertiary/aromatic N) is 2. The molecule has 11 heteroatoms. The number of anilines is 1. The number of benzene rings is 4. The van der Waals surface area contributed by atoms with Gasteiger partial charge in [0.25, 0.3) is 10.0 Å². The second kappa shape index (κ2) is 14.8. The van der Waals surface area contributed by atoms with Crippen molar-refractivity contribution in [3.63, 3.8) is 0 Å². The van der Waals surface area contributed by atoms with Crippen molar-refractivity contribution in [1.82, 2.24) is 10.2 Å². The predicted molar refractivity (Wildman–Crippen MR) is 180 cm³/mol. The standard InChI is InChI=1S/C35H36BrN3O6S/c1-25(2)37-35(41)31(21-26-10-5-3-6-11-26)38(23-27-12-9-13-28(36)20-27)34(40)24-39(46(42,43)30-14-7-4-8-15-30)29-16-17-32-33(22-29)45-19-18-44-32/h3-17,20,22,25,31H,18-19,21,23-24H2,1-2H3,(H,37,41)/t31-/m1/s1. The fourth-order valence-corrected chi connectivity index (χ4v) is 7.08. The first-order valence-electron chi connectivity index (χ1n) is 15.0. The summed E-state index contributed by atoms with van der Waals surface area (Å²) in [5, 5.41) is 2.97. The van der Waals surface area contributed by atoms with Crippen LogP contribution in [0.3, 0.4) is 0 Å². The number of ether oxygens (including phenoxy) is 2. The van der Waals surface area contributed by atoms with Gasteiger partial charge in [-0.1, -0.05) is 76.6 Å². The van der Waals surface area contributed by atoms with Crippen LogP contribution in [0, 0.1) is 0 Å². The molecule has 9 nitrogen and oxygen atoms in total. The van der Waals surface area contributed by atoms with Gasteiger partial charge in [0.15, 0.2) is 11.5 Å².